The maximum absolute atomic E-state index is 11.2. The highest BCUT2D eigenvalue weighted by atomic mass is 16.4. The lowest BCUT2D eigenvalue weighted by Crippen LogP contribution is -2.01. The van der Waals surface area contributed by atoms with Gasteiger partial charge in [-0.05, 0) is 32.1 Å². The zero-order valence-electron chi connectivity index (χ0n) is 14.0. The topological polar surface area (TPSA) is 74.6 Å². The van der Waals surface area contributed by atoms with Gasteiger partial charge in [0.25, 0.3) is 0 Å². The molecule has 0 atom stereocenters. The summed E-state index contributed by atoms with van der Waals surface area (Å²) in [5.41, 5.74) is 0.558. The van der Waals surface area contributed by atoms with Crippen molar-refractivity contribution in [3.8, 4) is 0 Å². The second kappa shape index (κ2) is 14.6. The van der Waals surface area contributed by atoms with Crippen LogP contribution in [-0.2, 0) is 9.59 Å². The fourth-order valence-corrected chi connectivity index (χ4v) is 2.44. The summed E-state index contributed by atoms with van der Waals surface area (Å²) >= 11 is 0. The maximum Gasteiger partial charge on any atom is 0.331 e. The second-order valence-electron chi connectivity index (χ2n) is 5.90. The van der Waals surface area contributed by atoms with Gasteiger partial charge in [0, 0.05) is 12.0 Å². The van der Waals surface area contributed by atoms with Crippen molar-refractivity contribution in [2.45, 2.75) is 90.4 Å². The van der Waals surface area contributed by atoms with Gasteiger partial charge in [-0.25, -0.2) is 4.79 Å². The van der Waals surface area contributed by atoms with Gasteiger partial charge in [-0.2, -0.15) is 0 Å². The normalized spacial score (nSPS) is 11.6. The lowest BCUT2D eigenvalue weighted by molar-refractivity contribution is -0.137. The Hall–Kier alpha value is -1.32. The summed E-state index contributed by atoms with van der Waals surface area (Å²) in [5, 5.41) is 17.7. The molecule has 0 aliphatic rings. The van der Waals surface area contributed by atoms with Crippen molar-refractivity contribution < 1.29 is 19.8 Å². The molecule has 2 N–H and O–H groups in total. The molecule has 0 bridgehead atoms. The van der Waals surface area contributed by atoms with Gasteiger partial charge in [-0.1, -0.05) is 57.9 Å². The lowest BCUT2D eigenvalue weighted by Gasteiger charge is -2.04. The van der Waals surface area contributed by atoms with Crippen LogP contribution >= 0.6 is 0 Å². The molecule has 0 amide bonds. The Kier molecular flexibility index (Phi) is 13.7. The number of allylic oxidation sites excluding steroid dienone is 1. The molecule has 0 aliphatic heterocycles. The summed E-state index contributed by atoms with van der Waals surface area (Å²) in [7, 11) is 0. The summed E-state index contributed by atoms with van der Waals surface area (Å²) < 4.78 is 0. The highest BCUT2D eigenvalue weighted by Gasteiger charge is 2.06. The van der Waals surface area contributed by atoms with Crippen molar-refractivity contribution >= 4 is 11.9 Å². The Morgan fingerprint density at radius 1 is 0.773 bits per heavy atom. The molecule has 0 aromatic rings. The summed E-state index contributed by atoms with van der Waals surface area (Å²) in [4.78, 5) is 21.5. The van der Waals surface area contributed by atoms with Crippen LogP contribution in [0.1, 0.15) is 90.4 Å². The van der Waals surface area contributed by atoms with Gasteiger partial charge in [0.05, 0.1) is 0 Å². The highest BCUT2D eigenvalue weighted by Crippen LogP contribution is 2.14. The standard InChI is InChI=1S/C18H32O4/c1-2-3-4-7-10-13-16(18(21)22)14-11-8-5-6-9-12-15-17(19)20/h13H,2-12,14-15H2,1H3,(H,19,20)(H,21,22). The number of carboxylic acid groups (broad SMARTS) is 2. The van der Waals surface area contributed by atoms with Crippen LogP contribution in [0.4, 0.5) is 0 Å². The summed E-state index contributed by atoms with van der Waals surface area (Å²) in [5.74, 6) is -1.51. The Labute approximate surface area is 134 Å². The van der Waals surface area contributed by atoms with Gasteiger partial charge in [-0.3, -0.25) is 4.79 Å². The van der Waals surface area contributed by atoms with Gasteiger partial charge in [0.1, 0.15) is 0 Å². The zero-order chi connectivity index (χ0) is 16.6. The molecular formula is C18H32O4. The van der Waals surface area contributed by atoms with E-state index in [4.69, 9.17) is 5.11 Å². The Balaban J connectivity index is 3.67. The number of aliphatic carboxylic acids is 2. The highest BCUT2D eigenvalue weighted by molar-refractivity contribution is 5.86. The monoisotopic (exact) mass is 312 g/mol. The van der Waals surface area contributed by atoms with Crippen LogP contribution in [0.5, 0.6) is 0 Å². The van der Waals surface area contributed by atoms with Crippen LogP contribution in [-0.4, -0.2) is 22.2 Å². The number of hydrogen-bond donors (Lipinski definition) is 2. The van der Waals surface area contributed by atoms with E-state index < -0.39 is 11.9 Å². The van der Waals surface area contributed by atoms with E-state index in [2.05, 4.69) is 6.92 Å². The number of unbranched alkanes of at least 4 members (excludes halogenated alkanes) is 9. The van der Waals surface area contributed by atoms with Crippen LogP contribution in [0, 0.1) is 0 Å². The van der Waals surface area contributed by atoms with Crippen molar-refractivity contribution in [1.82, 2.24) is 0 Å². The molecule has 0 spiro atoms. The molecule has 4 heteroatoms. The SMILES string of the molecule is CCCCCCC=C(CCCCCCCCC(=O)O)C(=O)O. The van der Waals surface area contributed by atoms with Crippen molar-refractivity contribution in [1.29, 1.82) is 0 Å². The predicted molar refractivity (Wildman–Crippen MR) is 89.0 cm³/mol. The first kappa shape index (κ1) is 20.7. The molecule has 0 aromatic heterocycles. The van der Waals surface area contributed by atoms with Crippen LogP contribution in [0.2, 0.25) is 0 Å². The Morgan fingerprint density at radius 3 is 1.86 bits per heavy atom. The molecule has 22 heavy (non-hydrogen) atoms. The molecule has 0 radical (unpaired) electrons. The largest absolute Gasteiger partial charge is 0.481 e. The van der Waals surface area contributed by atoms with Crippen LogP contribution in [0.25, 0.3) is 0 Å². The Morgan fingerprint density at radius 2 is 1.32 bits per heavy atom. The first-order valence-electron chi connectivity index (χ1n) is 8.72. The van der Waals surface area contributed by atoms with Gasteiger partial charge in [0.2, 0.25) is 0 Å². The molecule has 0 unspecified atom stereocenters. The van der Waals surface area contributed by atoms with Crippen molar-refractivity contribution in [3.63, 3.8) is 0 Å². The van der Waals surface area contributed by atoms with E-state index in [0.29, 0.717) is 12.0 Å². The van der Waals surface area contributed by atoms with E-state index in [0.717, 1.165) is 51.4 Å². The first-order chi connectivity index (χ1) is 10.6. The smallest absolute Gasteiger partial charge is 0.331 e. The van der Waals surface area contributed by atoms with Gasteiger partial charge >= 0.3 is 11.9 Å². The number of carboxylic acids is 2. The van der Waals surface area contributed by atoms with Gasteiger partial charge < -0.3 is 10.2 Å². The van der Waals surface area contributed by atoms with Gasteiger partial charge in [0.15, 0.2) is 0 Å². The molecule has 0 saturated heterocycles. The lowest BCUT2D eigenvalue weighted by atomic mass is 10.0. The van der Waals surface area contributed by atoms with Crippen molar-refractivity contribution in [3.05, 3.63) is 11.6 Å². The fraction of sp³-hybridized carbons (Fsp3) is 0.778. The summed E-state index contributed by atoms with van der Waals surface area (Å²) in [6, 6.07) is 0. The summed E-state index contributed by atoms with van der Waals surface area (Å²) in [6.07, 6.45) is 14.1. The molecule has 0 saturated carbocycles. The molecule has 0 aliphatic carbocycles. The molecule has 0 heterocycles. The van der Waals surface area contributed by atoms with E-state index in [1.54, 1.807) is 0 Å². The van der Waals surface area contributed by atoms with Crippen molar-refractivity contribution in [2.75, 3.05) is 0 Å². The minimum Gasteiger partial charge on any atom is -0.481 e. The molecule has 0 fully saturated rings. The number of carbonyl (C=O) groups is 2. The molecule has 0 rings (SSSR count). The van der Waals surface area contributed by atoms with Crippen LogP contribution < -0.4 is 0 Å². The zero-order valence-corrected chi connectivity index (χ0v) is 14.0. The quantitative estimate of drug-likeness (QED) is 0.323. The van der Waals surface area contributed by atoms with Crippen molar-refractivity contribution in [2.24, 2.45) is 0 Å². The first-order valence-corrected chi connectivity index (χ1v) is 8.72. The second-order valence-corrected chi connectivity index (χ2v) is 5.90. The minimum absolute atomic E-state index is 0.254. The minimum atomic E-state index is -0.781. The van der Waals surface area contributed by atoms with Crippen LogP contribution in [0.15, 0.2) is 11.6 Å². The molecule has 4 nitrogen and oxygen atoms in total. The van der Waals surface area contributed by atoms with E-state index >= 15 is 0 Å². The average Bonchev–Trinajstić information content (AvgIpc) is 2.46. The molecular weight excluding hydrogens is 280 g/mol. The van der Waals surface area contributed by atoms with E-state index in [1.165, 1.54) is 19.3 Å². The predicted octanol–water partition coefficient (Wildman–Crippen LogP) is 5.17. The van der Waals surface area contributed by atoms with E-state index in [1.807, 2.05) is 6.08 Å². The van der Waals surface area contributed by atoms with E-state index in [9.17, 15) is 14.7 Å². The maximum atomic E-state index is 11.2. The van der Waals surface area contributed by atoms with Crippen LogP contribution in [0.3, 0.4) is 0 Å². The average molecular weight is 312 g/mol. The number of rotatable bonds is 15. The third-order valence-electron chi connectivity index (χ3n) is 3.81. The van der Waals surface area contributed by atoms with Gasteiger partial charge in [-0.15, -0.1) is 0 Å². The third kappa shape index (κ3) is 13.7. The summed E-state index contributed by atoms with van der Waals surface area (Å²) in [6.45, 7) is 2.17. The molecule has 128 valence electrons. The molecule has 0 aromatic carbocycles. The Bertz CT molecular complexity index is 334. The fourth-order valence-electron chi connectivity index (χ4n) is 2.44. The number of hydrogen-bond acceptors (Lipinski definition) is 2. The van der Waals surface area contributed by atoms with E-state index in [-0.39, 0.29) is 6.42 Å². The third-order valence-corrected chi connectivity index (χ3v) is 3.81.